The van der Waals surface area contributed by atoms with Crippen LogP contribution in [0.15, 0.2) is 0 Å². The minimum Gasteiger partial charge on any atom is -0.426 e. The van der Waals surface area contributed by atoms with Crippen molar-refractivity contribution >= 4 is 25.7 Å². The molecule has 2 atom stereocenters. The topological polar surface area (TPSA) is 69.6 Å². The molecular formula is C8H18BNO3S. The quantitative estimate of drug-likeness (QED) is 0.379. The zero-order chi connectivity index (χ0) is 11.3. The van der Waals surface area contributed by atoms with Crippen LogP contribution in [0, 0.1) is 11.8 Å². The lowest BCUT2D eigenvalue weighted by atomic mass is 9.73. The number of nitrogens with one attached hydrogen (secondary N) is 1. The Hall–Kier alpha value is -0.195. The van der Waals surface area contributed by atoms with Crippen molar-refractivity contribution in [1.82, 2.24) is 5.32 Å². The predicted octanol–water partition coefficient (Wildman–Crippen LogP) is -0.295. The normalized spacial score (nSPS) is 15.1. The molecule has 0 saturated carbocycles. The van der Waals surface area contributed by atoms with Crippen LogP contribution in [0.4, 0.5) is 0 Å². The molecule has 0 aliphatic rings. The third kappa shape index (κ3) is 4.35. The van der Waals surface area contributed by atoms with Crippen LogP contribution >= 0.6 is 12.6 Å². The molecule has 0 aliphatic carbocycles. The van der Waals surface area contributed by atoms with Gasteiger partial charge in [-0.15, -0.1) is 0 Å². The Bertz CT molecular complexity index is 181. The van der Waals surface area contributed by atoms with Gasteiger partial charge in [-0.3, -0.25) is 4.79 Å². The number of rotatable bonds is 5. The van der Waals surface area contributed by atoms with Crippen LogP contribution in [0.5, 0.6) is 0 Å². The lowest BCUT2D eigenvalue weighted by molar-refractivity contribution is -0.124. The summed E-state index contributed by atoms with van der Waals surface area (Å²) in [6.45, 7) is 5.37. The summed E-state index contributed by atoms with van der Waals surface area (Å²) in [6, 6.07) is 0. The van der Waals surface area contributed by atoms with Crippen LogP contribution in [0.3, 0.4) is 0 Å². The lowest BCUT2D eigenvalue weighted by Crippen LogP contribution is -2.51. The number of thiol groups is 1. The molecule has 0 aromatic carbocycles. The van der Waals surface area contributed by atoms with E-state index in [-0.39, 0.29) is 17.7 Å². The number of carbonyl (C=O) groups is 1. The smallest absolute Gasteiger partial charge is 0.426 e. The summed E-state index contributed by atoms with van der Waals surface area (Å²) in [6.07, 6.45) is 0. The van der Waals surface area contributed by atoms with Crippen molar-refractivity contribution in [2.45, 2.75) is 26.7 Å². The molecular weight excluding hydrogens is 201 g/mol. The van der Waals surface area contributed by atoms with Gasteiger partial charge in [-0.1, -0.05) is 20.8 Å². The average Bonchev–Trinajstić information content (AvgIpc) is 2.11. The zero-order valence-corrected chi connectivity index (χ0v) is 9.66. The molecule has 6 heteroatoms. The largest absolute Gasteiger partial charge is 0.475 e. The third-order valence-electron chi connectivity index (χ3n) is 2.07. The van der Waals surface area contributed by atoms with Gasteiger partial charge in [0.1, 0.15) is 0 Å². The first-order chi connectivity index (χ1) is 6.40. The molecule has 3 N–H and O–H groups in total. The Morgan fingerprint density at radius 2 is 1.93 bits per heavy atom. The van der Waals surface area contributed by atoms with Gasteiger partial charge < -0.3 is 15.4 Å². The second-order valence-electron chi connectivity index (χ2n) is 3.78. The summed E-state index contributed by atoms with van der Waals surface area (Å²) in [7, 11) is -1.52. The van der Waals surface area contributed by atoms with Crippen LogP contribution in [-0.4, -0.2) is 34.8 Å². The number of hydrogen-bond acceptors (Lipinski definition) is 4. The van der Waals surface area contributed by atoms with Gasteiger partial charge in [0.2, 0.25) is 5.91 Å². The van der Waals surface area contributed by atoms with Gasteiger partial charge >= 0.3 is 7.12 Å². The minimum absolute atomic E-state index is 0.0222. The van der Waals surface area contributed by atoms with Gasteiger partial charge in [0.25, 0.3) is 0 Å². The number of amides is 1. The molecule has 0 aromatic heterocycles. The first-order valence-electron chi connectivity index (χ1n) is 4.67. The van der Waals surface area contributed by atoms with Crippen molar-refractivity contribution in [2.24, 2.45) is 11.8 Å². The van der Waals surface area contributed by atoms with Gasteiger partial charge in [0.15, 0.2) is 0 Å². The van der Waals surface area contributed by atoms with Crippen molar-refractivity contribution in [3.63, 3.8) is 0 Å². The molecule has 0 aliphatic heterocycles. The molecule has 0 saturated heterocycles. The van der Waals surface area contributed by atoms with Crippen LogP contribution in [-0.2, 0) is 4.79 Å². The summed E-state index contributed by atoms with van der Waals surface area (Å²) in [5.74, 6) is -0.626. The minimum atomic E-state index is -1.52. The van der Waals surface area contributed by atoms with E-state index in [1.165, 1.54) is 0 Å². The SMILES string of the molecule is CC(C)[C@@H](NC(=O)[C@H](C)CS)B(O)O. The number of carbonyl (C=O) groups excluding carboxylic acids is 1. The molecule has 0 bridgehead atoms. The van der Waals surface area contributed by atoms with Gasteiger partial charge in [0.05, 0.1) is 5.94 Å². The Kier molecular flexibility index (Phi) is 6.23. The third-order valence-corrected chi connectivity index (χ3v) is 2.62. The van der Waals surface area contributed by atoms with E-state index >= 15 is 0 Å². The highest BCUT2D eigenvalue weighted by Gasteiger charge is 2.29. The van der Waals surface area contributed by atoms with Gasteiger partial charge in [-0.2, -0.15) is 12.6 Å². The maximum Gasteiger partial charge on any atom is 0.475 e. The fourth-order valence-corrected chi connectivity index (χ4v) is 1.14. The maximum atomic E-state index is 11.4. The summed E-state index contributed by atoms with van der Waals surface area (Å²) < 4.78 is 0. The van der Waals surface area contributed by atoms with E-state index in [4.69, 9.17) is 10.0 Å². The van der Waals surface area contributed by atoms with E-state index in [0.29, 0.717) is 5.75 Å². The van der Waals surface area contributed by atoms with E-state index in [1.54, 1.807) is 6.92 Å². The standard InChI is InChI=1S/C8H18BNO3S/c1-5(2)7(9(12)13)10-8(11)6(3)4-14/h5-7,12-14H,4H2,1-3H3,(H,10,11)/t6-,7-/m1/s1. The van der Waals surface area contributed by atoms with Gasteiger partial charge in [0, 0.05) is 11.7 Å². The first-order valence-corrected chi connectivity index (χ1v) is 5.30. The Morgan fingerprint density at radius 1 is 1.43 bits per heavy atom. The summed E-state index contributed by atoms with van der Waals surface area (Å²) in [5.41, 5.74) is 0. The molecule has 0 heterocycles. The Morgan fingerprint density at radius 3 is 2.21 bits per heavy atom. The Labute approximate surface area is 90.6 Å². The fraction of sp³-hybridized carbons (Fsp3) is 0.875. The van der Waals surface area contributed by atoms with Crippen molar-refractivity contribution in [3.05, 3.63) is 0 Å². The molecule has 0 spiro atoms. The van der Waals surface area contributed by atoms with Crippen molar-refractivity contribution in [3.8, 4) is 0 Å². The summed E-state index contributed by atoms with van der Waals surface area (Å²) in [5, 5.41) is 20.6. The van der Waals surface area contributed by atoms with Crippen molar-refractivity contribution < 1.29 is 14.8 Å². The lowest BCUT2D eigenvalue weighted by Gasteiger charge is -2.22. The molecule has 14 heavy (non-hydrogen) atoms. The highest BCUT2D eigenvalue weighted by atomic mass is 32.1. The second kappa shape index (κ2) is 6.32. The van der Waals surface area contributed by atoms with Crippen molar-refractivity contribution in [1.29, 1.82) is 0 Å². The molecule has 4 nitrogen and oxygen atoms in total. The number of hydrogen-bond donors (Lipinski definition) is 4. The molecule has 0 aromatic rings. The van der Waals surface area contributed by atoms with Crippen LogP contribution in [0.25, 0.3) is 0 Å². The maximum absolute atomic E-state index is 11.4. The summed E-state index contributed by atoms with van der Waals surface area (Å²) in [4.78, 5) is 11.4. The van der Waals surface area contributed by atoms with E-state index in [1.807, 2.05) is 13.8 Å². The van der Waals surface area contributed by atoms with Crippen LogP contribution < -0.4 is 5.32 Å². The summed E-state index contributed by atoms with van der Waals surface area (Å²) >= 11 is 3.99. The second-order valence-corrected chi connectivity index (χ2v) is 4.14. The molecule has 0 unspecified atom stereocenters. The zero-order valence-electron chi connectivity index (χ0n) is 8.77. The molecule has 82 valence electrons. The van der Waals surface area contributed by atoms with E-state index < -0.39 is 13.1 Å². The van der Waals surface area contributed by atoms with Crippen LogP contribution in [0.2, 0.25) is 0 Å². The van der Waals surface area contributed by atoms with Gasteiger partial charge in [-0.05, 0) is 5.92 Å². The highest BCUT2D eigenvalue weighted by Crippen LogP contribution is 2.05. The fourth-order valence-electron chi connectivity index (χ4n) is 0.975. The monoisotopic (exact) mass is 219 g/mol. The van der Waals surface area contributed by atoms with E-state index in [0.717, 1.165) is 0 Å². The van der Waals surface area contributed by atoms with Crippen molar-refractivity contribution in [2.75, 3.05) is 5.75 Å². The van der Waals surface area contributed by atoms with E-state index in [9.17, 15) is 4.79 Å². The first kappa shape index (κ1) is 13.8. The average molecular weight is 219 g/mol. The molecule has 0 rings (SSSR count). The van der Waals surface area contributed by atoms with E-state index in [2.05, 4.69) is 17.9 Å². The Balaban J connectivity index is 4.24. The van der Waals surface area contributed by atoms with Crippen LogP contribution in [0.1, 0.15) is 20.8 Å². The highest BCUT2D eigenvalue weighted by molar-refractivity contribution is 7.80. The molecule has 0 radical (unpaired) electrons. The predicted molar refractivity (Wildman–Crippen MR) is 60.0 cm³/mol. The molecule has 1 amide bonds. The molecule has 0 fully saturated rings. The van der Waals surface area contributed by atoms with Gasteiger partial charge in [-0.25, -0.2) is 0 Å².